The molecular weight excluding hydrogens is 234 g/mol. The summed E-state index contributed by atoms with van der Waals surface area (Å²) in [5.74, 6) is -0.289. The number of aryl methyl sites for hydroxylation is 1. The zero-order valence-electron chi connectivity index (χ0n) is 8.84. The van der Waals surface area contributed by atoms with E-state index in [1.165, 1.54) is 18.2 Å². The minimum absolute atomic E-state index is 0.0291. The highest BCUT2D eigenvalue weighted by molar-refractivity contribution is 7.85. The Morgan fingerprint density at radius 1 is 1.44 bits per heavy atom. The Morgan fingerprint density at radius 2 is 2.06 bits per heavy atom. The van der Waals surface area contributed by atoms with Crippen LogP contribution in [-0.2, 0) is 20.1 Å². The molecule has 7 heteroatoms. The number of rotatable bonds is 4. The Hall–Kier alpha value is -1.47. The first-order chi connectivity index (χ1) is 7.35. The van der Waals surface area contributed by atoms with Crippen LogP contribution in [0, 0.1) is 17.0 Å². The van der Waals surface area contributed by atoms with E-state index in [9.17, 15) is 18.5 Å². The molecule has 0 saturated heterocycles. The van der Waals surface area contributed by atoms with E-state index >= 15 is 0 Å². The number of hydrogen-bond acceptors (Lipinski definition) is 5. The molecule has 0 aliphatic carbocycles. The van der Waals surface area contributed by atoms with E-state index in [0.717, 1.165) is 7.11 Å². The predicted molar refractivity (Wildman–Crippen MR) is 57.5 cm³/mol. The minimum atomic E-state index is -3.59. The lowest BCUT2D eigenvalue weighted by molar-refractivity contribution is -0.385. The van der Waals surface area contributed by atoms with E-state index in [1.807, 2.05) is 0 Å². The molecule has 0 atom stereocenters. The van der Waals surface area contributed by atoms with Gasteiger partial charge in [0, 0.05) is 11.6 Å². The van der Waals surface area contributed by atoms with Crippen molar-refractivity contribution in [2.75, 3.05) is 7.11 Å². The summed E-state index contributed by atoms with van der Waals surface area (Å²) in [6, 6.07) is 4.16. The van der Waals surface area contributed by atoms with Gasteiger partial charge in [-0.1, -0.05) is 6.07 Å². The van der Waals surface area contributed by atoms with Crippen LogP contribution < -0.4 is 0 Å². The third kappa shape index (κ3) is 3.01. The summed E-state index contributed by atoms with van der Waals surface area (Å²) in [6.07, 6.45) is 0. The molecule has 0 bridgehead atoms. The molecule has 0 unspecified atom stereocenters. The van der Waals surface area contributed by atoms with Crippen molar-refractivity contribution in [2.24, 2.45) is 0 Å². The molecule has 0 saturated carbocycles. The van der Waals surface area contributed by atoms with Crippen molar-refractivity contribution in [2.45, 2.75) is 12.7 Å². The van der Waals surface area contributed by atoms with Crippen LogP contribution >= 0.6 is 0 Å². The van der Waals surface area contributed by atoms with Gasteiger partial charge in [0.1, 0.15) is 5.75 Å². The lowest BCUT2D eigenvalue weighted by atomic mass is 10.1. The van der Waals surface area contributed by atoms with Gasteiger partial charge in [-0.25, -0.2) is 0 Å². The average Bonchev–Trinajstić information content (AvgIpc) is 2.16. The second-order valence-electron chi connectivity index (χ2n) is 3.25. The molecule has 0 heterocycles. The second-order valence-corrected chi connectivity index (χ2v) is 4.98. The van der Waals surface area contributed by atoms with Crippen molar-refractivity contribution < 1.29 is 17.5 Å². The monoisotopic (exact) mass is 245 g/mol. The summed E-state index contributed by atoms with van der Waals surface area (Å²) in [7, 11) is -2.52. The maximum atomic E-state index is 11.1. The summed E-state index contributed by atoms with van der Waals surface area (Å²) in [4.78, 5) is 10.0. The Labute approximate surface area is 93.1 Å². The van der Waals surface area contributed by atoms with Gasteiger partial charge >= 0.3 is 0 Å². The van der Waals surface area contributed by atoms with Crippen LogP contribution in [0.1, 0.15) is 11.1 Å². The van der Waals surface area contributed by atoms with Crippen molar-refractivity contribution in [3.05, 3.63) is 39.4 Å². The fourth-order valence-electron chi connectivity index (χ4n) is 1.28. The van der Waals surface area contributed by atoms with E-state index in [-0.39, 0.29) is 11.4 Å². The molecule has 1 aromatic rings. The van der Waals surface area contributed by atoms with Gasteiger partial charge < -0.3 is 0 Å². The fraction of sp³-hybridized carbons (Fsp3) is 0.333. The largest absolute Gasteiger partial charge is 0.273 e. The number of nitro benzene ring substituents is 1. The standard InChI is InChI=1S/C9H11NO5S/c1-7-5-8(6-16(13,14)15-2)3-4-9(7)10(11)12/h3-5H,6H2,1-2H3. The zero-order valence-corrected chi connectivity index (χ0v) is 9.65. The van der Waals surface area contributed by atoms with E-state index < -0.39 is 15.0 Å². The fourth-order valence-corrected chi connectivity index (χ4v) is 1.98. The van der Waals surface area contributed by atoms with E-state index in [4.69, 9.17) is 0 Å². The number of nitro groups is 1. The Morgan fingerprint density at radius 3 is 2.50 bits per heavy atom. The molecule has 6 nitrogen and oxygen atoms in total. The van der Waals surface area contributed by atoms with Gasteiger partial charge in [0.25, 0.3) is 15.8 Å². The van der Waals surface area contributed by atoms with E-state index in [0.29, 0.717) is 11.1 Å². The highest BCUT2D eigenvalue weighted by Crippen LogP contribution is 2.20. The molecule has 0 aliphatic heterocycles. The molecule has 88 valence electrons. The third-order valence-corrected chi connectivity index (χ3v) is 3.25. The van der Waals surface area contributed by atoms with Gasteiger partial charge in [0.15, 0.2) is 0 Å². The van der Waals surface area contributed by atoms with E-state index in [1.54, 1.807) is 6.92 Å². The number of hydrogen-bond donors (Lipinski definition) is 0. The normalized spacial score (nSPS) is 11.4. The number of benzene rings is 1. The molecule has 0 spiro atoms. The molecule has 0 radical (unpaired) electrons. The van der Waals surface area contributed by atoms with Crippen molar-refractivity contribution in [1.29, 1.82) is 0 Å². The van der Waals surface area contributed by atoms with Gasteiger partial charge in [-0.15, -0.1) is 0 Å². The maximum Gasteiger partial charge on any atom is 0.272 e. The van der Waals surface area contributed by atoms with E-state index in [2.05, 4.69) is 4.18 Å². The molecule has 0 fully saturated rings. The van der Waals surface area contributed by atoms with Crippen LogP contribution in [-0.4, -0.2) is 20.5 Å². The van der Waals surface area contributed by atoms with Crippen LogP contribution in [0.25, 0.3) is 0 Å². The van der Waals surface area contributed by atoms with Crippen molar-refractivity contribution >= 4 is 15.8 Å². The highest BCUT2D eigenvalue weighted by atomic mass is 32.2. The second kappa shape index (κ2) is 4.58. The van der Waals surface area contributed by atoms with Gasteiger partial charge in [-0.3, -0.25) is 14.3 Å². The van der Waals surface area contributed by atoms with Crippen LogP contribution in [0.15, 0.2) is 18.2 Å². The molecule has 0 aromatic heterocycles. The van der Waals surface area contributed by atoms with Crippen molar-refractivity contribution in [3.8, 4) is 0 Å². The zero-order chi connectivity index (χ0) is 12.3. The van der Waals surface area contributed by atoms with Crippen LogP contribution in [0.3, 0.4) is 0 Å². The smallest absolute Gasteiger partial charge is 0.272 e. The summed E-state index contributed by atoms with van der Waals surface area (Å²) in [5, 5.41) is 10.5. The van der Waals surface area contributed by atoms with Crippen LogP contribution in [0.2, 0.25) is 0 Å². The Bertz CT molecular complexity index is 509. The summed E-state index contributed by atoms with van der Waals surface area (Å²) in [6.45, 7) is 1.56. The molecule has 1 aromatic carbocycles. The third-order valence-electron chi connectivity index (χ3n) is 2.06. The Balaban J connectivity index is 3.03. The SMILES string of the molecule is COS(=O)(=O)Cc1ccc([N+](=O)[O-])c(C)c1. The van der Waals surface area contributed by atoms with Crippen LogP contribution in [0.5, 0.6) is 0 Å². The van der Waals surface area contributed by atoms with Gasteiger partial charge in [-0.05, 0) is 18.6 Å². The predicted octanol–water partition coefficient (Wildman–Crippen LogP) is 1.38. The molecule has 0 amide bonds. The van der Waals surface area contributed by atoms with Crippen molar-refractivity contribution in [3.63, 3.8) is 0 Å². The first-order valence-corrected chi connectivity index (χ1v) is 5.95. The molecule has 0 N–H and O–H groups in total. The topological polar surface area (TPSA) is 86.5 Å². The Kier molecular flexibility index (Phi) is 3.61. The average molecular weight is 245 g/mol. The van der Waals surface area contributed by atoms with Gasteiger partial charge in [0.05, 0.1) is 12.0 Å². The number of nitrogens with zero attached hydrogens (tertiary/aromatic N) is 1. The first kappa shape index (κ1) is 12.6. The van der Waals surface area contributed by atoms with Gasteiger partial charge in [-0.2, -0.15) is 8.42 Å². The van der Waals surface area contributed by atoms with Crippen molar-refractivity contribution in [1.82, 2.24) is 0 Å². The lowest BCUT2D eigenvalue weighted by Gasteiger charge is -2.03. The summed E-state index contributed by atoms with van der Waals surface area (Å²) >= 11 is 0. The summed E-state index contributed by atoms with van der Waals surface area (Å²) in [5.41, 5.74) is 0.859. The highest BCUT2D eigenvalue weighted by Gasteiger charge is 2.14. The molecule has 0 aliphatic rings. The molecule has 16 heavy (non-hydrogen) atoms. The lowest BCUT2D eigenvalue weighted by Crippen LogP contribution is -2.06. The first-order valence-electron chi connectivity index (χ1n) is 4.38. The quantitative estimate of drug-likeness (QED) is 0.454. The minimum Gasteiger partial charge on any atom is -0.273 e. The molecular formula is C9H11NO5S. The van der Waals surface area contributed by atoms with Crippen LogP contribution in [0.4, 0.5) is 5.69 Å². The maximum absolute atomic E-state index is 11.1. The summed E-state index contributed by atoms with van der Waals surface area (Å²) < 4.78 is 26.6. The molecule has 1 rings (SSSR count). The van der Waals surface area contributed by atoms with Gasteiger partial charge in [0.2, 0.25) is 0 Å².